The van der Waals surface area contributed by atoms with Crippen molar-refractivity contribution in [1.29, 1.82) is 0 Å². The van der Waals surface area contributed by atoms with Crippen LogP contribution in [0.1, 0.15) is 0 Å². The van der Waals surface area contributed by atoms with E-state index in [0.717, 1.165) is 4.57 Å². The number of benzene rings is 2. The fourth-order valence-electron chi connectivity index (χ4n) is 1.99. The minimum absolute atomic E-state index is 0.157. The molecule has 7 heteroatoms. The zero-order chi connectivity index (χ0) is 15.0. The van der Waals surface area contributed by atoms with E-state index in [-0.39, 0.29) is 11.1 Å². The minimum Gasteiger partial charge on any atom is -0.260 e. The van der Waals surface area contributed by atoms with Gasteiger partial charge in [0, 0.05) is 17.7 Å². The summed E-state index contributed by atoms with van der Waals surface area (Å²) in [6.07, 6.45) is 0. The summed E-state index contributed by atoms with van der Waals surface area (Å²) in [4.78, 5) is 0. The highest BCUT2D eigenvalue weighted by molar-refractivity contribution is 6.28. The van der Waals surface area contributed by atoms with Crippen molar-refractivity contribution in [2.75, 3.05) is 0 Å². The van der Waals surface area contributed by atoms with Gasteiger partial charge < -0.3 is 0 Å². The van der Waals surface area contributed by atoms with Gasteiger partial charge in [-0.1, -0.05) is 30.3 Å². The van der Waals surface area contributed by atoms with Crippen LogP contribution in [-0.2, 0) is 0 Å². The molecule has 0 unspecified atom stereocenters. The van der Waals surface area contributed by atoms with Crippen LogP contribution in [-0.4, -0.2) is 14.8 Å². The lowest BCUT2D eigenvalue weighted by Gasteiger charge is -2.10. The molecule has 0 aliphatic carbocycles. The zero-order valence-electron chi connectivity index (χ0n) is 10.4. The Balaban J connectivity index is 2.28. The molecule has 0 spiro atoms. The monoisotopic (exact) mass is 309 g/mol. The maximum Gasteiger partial charge on any atom is 0.230 e. The fourth-order valence-corrected chi connectivity index (χ4v) is 2.19. The Morgan fingerprint density at radius 1 is 0.905 bits per heavy atom. The van der Waals surface area contributed by atoms with Gasteiger partial charge >= 0.3 is 0 Å². The average Bonchev–Trinajstić information content (AvgIpc) is 2.81. The molecule has 0 amide bonds. The molecule has 3 nitrogen and oxygen atoms in total. The van der Waals surface area contributed by atoms with Gasteiger partial charge in [0.05, 0.1) is 0 Å². The number of halogens is 4. The van der Waals surface area contributed by atoms with E-state index in [9.17, 15) is 13.2 Å². The molecule has 3 rings (SSSR count). The third kappa shape index (κ3) is 2.38. The summed E-state index contributed by atoms with van der Waals surface area (Å²) in [7, 11) is 0. The van der Waals surface area contributed by atoms with Gasteiger partial charge in [0.15, 0.2) is 17.5 Å². The quantitative estimate of drug-likeness (QED) is 0.716. The van der Waals surface area contributed by atoms with Crippen molar-refractivity contribution < 1.29 is 13.2 Å². The third-order valence-corrected chi connectivity index (χ3v) is 3.11. The van der Waals surface area contributed by atoms with Crippen LogP contribution >= 0.6 is 11.6 Å². The Morgan fingerprint density at radius 3 is 2.14 bits per heavy atom. The first kappa shape index (κ1) is 13.6. The molecule has 1 heterocycles. The van der Waals surface area contributed by atoms with Crippen molar-refractivity contribution in [2.45, 2.75) is 0 Å². The first-order valence-electron chi connectivity index (χ1n) is 5.89. The van der Waals surface area contributed by atoms with Crippen molar-refractivity contribution in [1.82, 2.24) is 14.8 Å². The molecule has 106 valence electrons. The number of aromatic nitrogens is 3. The third-order valence-electron chi connectivity index (χ3n) is 2.86. The summed E-state index contributed by atoms with van der Waals surface area (Å²) >= 11 is 5.88. The van der Waals surface area contributed by atoms with E-state index >= 15 is 0 Å². The van der Waals surface area contributed by atoms with Crippen LogP contribution in [0.15, 0.2) is 42.5 Å². The number of nitrogens with zero attached hydrogens (tertiary/aromatic N) is 3. The standard InChI is InChI=1S/C14H7ClF3N3/c15-14-20-19-13(8-4-2-1-3-5-8)21(14)12-10(17)6-9(16)7-11(12)18/h1-7H. The largest absolute Gasteiger partial charge is 0.260 e. The Hall–Kier alpha value is -2.34. The number of hydrogen-bond donors (Lipinski definition) is 0. The predicted molar refractivity (Wildman–Crippen MR) is 71.7 cm³/mol. The Morgan fingerprint density at radius 2 is 1.52 bits per heavy atom. The van der Waals surface area contributed by atoms with Crippen molar-refractivity contribution in [3.63, 3.8) is 0 Å². The molecule has 0 saturated heterocycles. The van der Waals surface area contributed by atoms with Gasteiger partial charge in [-0.05, 0) is 11.6 Å². The first-order valence-corrected chi connectivity index (χ1v) is 6.27. The summed E-state index contributed by atoms with van der Waals surface area (Å²) < 4.78 is 41.9. The second-order valence-electron chi connectivity index (χ2n) is 4.21. The van der Waals surface area contributed by atoms with Gasteiger partial charge in [0.1, 0.15) is 11.5 Å². The van der Waals surface area contributed by atoms with E-state index in [0.29, 0.717) is 17.7 Å². The molecule has 2 aromatic carbocycles. The lowest BCUT2D eigenvalue weighted by Crippen LogP contribution is -2.05. The molecule has 0 atom stereocenters. The lowest BCUT2D eigenvalue weighted by molar-refractivity contribution is 0.534. The molecule has 0 radical (unpaired) electrons. The van der Waals surface area contributed by atoms with E-state index in [1.54, 1.807) is 30.3 Å². The van der Waals surface area contributed by atoms with Crippen LogP contribution in [0.25, 0.3) is 17.1 Å². The fraction of sp³-hybridized carbons (Fsp3) is 0. The van der Waals surface area contributed by atoms with Gasteiger partial charge in [-0.25, -0.2) is 13.2 Å². The van der Waals surface area contributed by atoms with Crippen LogP contribution < -0.4 is 0 Å². The average molecular weight is 310 g/mol. The number of hydrogen-bond acceptors (Lipinski definition) is 2. The molecule has 0 fully saturated rings. The molecule has 0 aliphatic rings. The normalized spacial score (nSPS) is 10.9. The maximum atomic E-state index is 13.9. The summed E-state index contributed by atoms with van der Waals surface area (Å²) in [5, 5.41) is 7.22. The van der Waals surface area contributed by atoms with E-state index in [1.807, 2.05) is 0 Å². The highest BCUT2D eigenvalue weighted by Gasteiger charge is 2.21. The molecular formula is C14H7ClF3N3. The second-order valence-corrected chi connectivity index (χ2v) is 4.55. The predicted octanol–water partition coefficient (Wildman–Crippen LogP) is 4.01. The highest BCUT2D eigenvalue weighted by atomic mass is 35.5. The van der Waals surface area contributed by atoms with Crippen molar-refractivity contribution in [3.8, 4) is 17.1 Å². The summed E-state index contributed by atoms with van der Waals surface area (Å²) in [6.45, 7) is 0. The van der Waals surface area contributed by atoms with Crippen LogP contribution in [0.3, 0.4) is 0 Å². The van der Waals surface area contributed by atoms with Gasteiger partial charge in [0.25, 0.3) is 0 Å². The van der Waals surface area contributed by atoms with Gasteiger partial charge in [0.2, 0.25) is 5.28 Å². The van der Waals surface area contributed by atoms with Gasteiger partial charge in [-0.3, -0.25) is 4.57 Å². The molecule has 0 N–H and O–H groups in total. The van der Waals surface area contributed by atoms with Gasteiger partial charge in [-0.15, -0.1) is 10.2 Å². The van der Waals surface area contributed by atoms with Crippen LogP contribution in [0.2, 0.25) is 5.28 Å². The molecule has 0 saturated carbocycles. The summed E-state index contributed by atoms with van der Waals surface area (Å²) in [6, 6.07) is 9.78. The Labute approximate surface area is 122 Å². The lowest BCUT2D eigenvalue weighted by atomic mass is 10.2. The van der Waals surface area contributed by atoms with E-state index < -0.39 is 23.1 Å². The minimum atomic E-state index is -1.09. The first-order chi connectivity index (χ1) is 10.1. The second kappa shape index (κ2) is 5.21. The molecule has 0 aliphatic heterocycles. The van der Waals surface area contributed by atoms with E-state index in [4.69, 9.17) is 11.6 Å². The van der Waals surface area contributed by atoms with Crippen LogP contribution in [0.4, 0.5) is 13.2 Å². The van der Waals surface area contributed by atoms with Crippen LogP contribution in [0, 0.1) is 17.5 Å². The van der Waals surface area contributed by atoms with E-state index in [1.165, 1.54) is 0 Å². The Kier molecular flexibility index (Phi) is 3.39. The number of rotatable bonds is 2. The van der Waals surface area contributed by atoms with Crippen molar-refractivity contribution in [2.24, 2.45) is 0 Å². The SMILES string of the molecule is Fc1cc(F)c(-n2c(Cl)nnc2-c2ccccc2)c(F)c1. The summed E-state index contributed by atoms with van der Waals surface area (Å²) in [5.74, 6) is -3.04. The zero-order valence-corrected chi connectivity index (χ0v) is 11.2. The molecule has 0 bridgehead atoms. The molecule has 1 aromatic heterocycles. The molecular weight excluding hydrogens is 303 g/mol. The van der Waals surface area contributed by atoms with E-state index in [2.05, 4.69) is 10.2 Å². The maximum absolute atomic E-state index is 13.9. The smallest absolute Gasteiger partial charge is 0.230 e. The van der Waals surface area contributed by atoms with Crippen LogP contribution in [0.5, 0.6) is 0 Å². The highest BCUT2D eigenvalue weighted by Crippen LogP contribution is 2.28. The molecule has 21 heavy (non-hydrogen) atoms. The van der Waals surface area contributed by atoms with Crippen molar-refractivity contribution in [3.05, 3.63) is 65.2 Å². The topological polar surface area (TPSA) is 30.7 Å². The Bertz CT molecular complexity index is 779. The van der Waals surface area contributed by atoms with Gasteiger partial charge in [-0.2, -0.15) is 0 Å². The van der Waals surface area contributed by atoms with Crippen molar-refractivity contribution >= 4 is 11.6 Å². The summed E-state index contributed by atoms with van der Waals surface area (Å²) in [5.41, 5.74) is 0.0466. The molecule has 3 aromatic rings.